The second-order valence-corrected chi connectivity index (χ2v) is 5.97. The van der Waals surface area contributed by atoms with Crippen molar-refractivity contribution >= 4 is 17.7 Å². The molecule has 27 heavy (non-hydrogen) atoms. The van der Waals surface area contributed by atoms with Gasteiger partial charge in [-0.2, -0.15) is 0 Å². The van der Waals surface area contributed by atoms with Crippen molar-refractivity contribution in [2.24, 2.45) is 0 Å². The molecule has 6 heteroatoms. The summed E-state index contributed by atoms with van der Waals surface area (Å²) in [4.78, 5) is 12.3. The molecule has 2 rings (SSSR count). The van der Waals surface area contributed by atoms with Crippen LogP contribution in [0.5, 0.6) is 23.0 Å². The predicted molar refractivity (Wildman–Crippen MR) is 106 cm³/mol. The molecule has 0 aliphatic heterocycles. The average Bonchev–Trinajstić information content (AvgIpc) is 2.66. The van der Waals surface area contributed by atoms with Crippen molar-refractivity contribution in [2.75, 3.05) is 26.6 Å². The van der Waals surface area contributed by atoms with Gasteiger partial charge in [-0.1, -0.05) is 6.07 Å². The number of methoxy groups -OCH3 is 3. The lowest BCUT2D eigenvalue weighted by atomic mass is 10.2. The molecule has 0 aliphatic rings. The van der Waals surface area contributed by atoms with Crippen LogP contribution in [0.1, 0.15) is 19.4 Å². The van der Waals surface area contributed by atoms with E-state index in [9.17, 15) is 4.79 Å². The molecule has 0 aromatic heterocycles. The van der Waals surface area contributed by atoms with Gasteiger partial charge in [0, 0.05) is 12.1 Å². The molecule has 0 fully saturated rings. The summed E-state index contributed by atoms with van der Waals surface area (Å²) in [7, 11) is 4.69. The first kappa shape index (κ1) is 20.2. The molecule has 0 saturated heterocycles. The fourth-order valence-electron chi connectivity index (χ4n) is 2.40. The normalized spacial score (nSPS) is 10.7. The molecule has 1 amide bonds. The van der Waals surface area contributed by atoms with E-state index in [2.05, 4.69) is 5.32 Å². The summed E-state index contributed by atoms with van der Waals surface area (Å²) in [5.74, 6) is 2.16. The fourth-order valence-corrected chi connectivity index (χ4v) is 2.40. The van der Waals surface area contributed by atoms with Crippen LogP contribution in [0.4, 0.5) is 5.69 Å². The summed E-state index contributed by atoms with van der Waals surface area (Å²) in [5.41, 5.74) is 1.35. The van der Waals surface area contributed by atoms with Gasteiger partial charge in [0.05, 0.1) is 33.1 Å². The molecule has 0 spiro atoms. The van der Waals surface area contributed by atoms with Crippen LogP contribution in [0.3, 0.4) is 0 Å². The minimum atomic E-state index is -0.289. The Kier molecular flexibility index (Phi) is 7.11. The van der Waals surface area contributed by atoms with Gasteiger partial charge in [0.15, 0.2) is 11.5 Å². The lowest BCUT2D eigenvalue weighted by Crippen LogP contribution is -2.09. The molecule has 0 saturated carbocycles. The zero-order chi connectivity index (χ0) is 19.8. The number of carbonyl (C=O) groups is 1. The Bertz CT molecular complexity index is 814. The SMILES string of the molecule is COc1ccc(OC)c(NC(=O)/C=C/c2ccc(OC(C)C)c(OC)c2)c1. The predicted octanol–water partition coefficient (Wildman–Crippen LogP) is 4.15. The fraction of sp³-hybridized carbons (Fsp3) is 0.286. The van der Waals surface area contributed by atoms with E-state index < -0.39 is 0 Å². The van der Waals surface area contributed by atoms with Crippen LogP contribution in [0.2, 0.25) is 0 Å². The molecule has 0 atom stereocenters. The maximum Gasteiger partial charge on any atom is 0.248 e. The third kappa shape index (κ3) is 5.67. The minimum Gasteiger partial charge on any atom is -0.497 e. The van der Waals surface area contributed by atoms with Crippen molar-refractivity contribution < 1.29 is 23.7 Å². The highest BCUT2D eigenvalue weighted by atomic mass is 16.5. The van der Waals surface area contributed by atoms with Crippen molar-refractivity contribution in [2.45, 2.75) is 20.0 Å². The topological polar surface area (TPSA) is 66.0 Å². The first-order valence-electron chi connectivity index (χ1n) is 8.52. The van der Waals surface area contributed by atoms with Crippen LogP contribution in [0.15, 0.2) is 42.5 Å². The molecule has 0 bridgehead atoms. The number of hydrogen-bond donors (Lipinski definition) is 1. The number of rotatable bonds is 8. The Labute approximate surface area is 159 Å². The van der Waals surface area contributed by atoms with E-state index in [-0.39, 0.29) is 12.0 Å². The van der Waals surface area contributed by atoms with Crippen molar-refractivity contribution in [3.63, 3.8) is 0 Å². The quantitative estimate of drug-likeness (QED) is 0.706. The summed E-state index contributed by atoms with van der Waals surface area (Å²) in [6.07, 6.45) is 3.18. The number of ether oxygens (including phenoxy) is 4. The molecule has 0 radical (unpaired) electrons. The highest BCUT2D eigenvalue weighted by Crippen LogP contribution is 2.30. The summed E-state index contributed by atoms with van der Waals surface area (Å²) >= 11 is 0. The average molecular weight is 371 g/mol. The van der Waals surface area contributed by atoms with Gasteiger partial charge in [-0.05, 0) is 49.8 Å². The molecule has 2 aromatic carbocycles. The molecule has 0 heterocycles. The molecule has 6 nitrogen and oxygen atoms in total. The van der Waals surface area contributed by atoms with E-state index in [1.165, 1.54) is 6.08 Å². The van der Waals surface area contributed by atoms with Crippen molar-refractivity contribution in [3.05, 3.63) is 48.0 Å². The number of benzene rings is 2. The zero-order valence-electron chi connectivity index (χ0n) is 16.2. The van der Waals surface area contributed by atoms with E-state index in [0.717, 1.165) is 5.56 Å². The molecule has 2 aromatic rings. The molecular weight excluding hydrogens is 346 g/mol. The minimum absolute atomic E-state index is 0.0453. The molecule has 0 aliphatic carbocycles. The first-order chi connectivity index (χ1) is 13.0. The third-order valence-electron chi connectivity index (χ3n) is 3.64. The monoisotopic (exact) mass is 371 g/mol. The van der Waals surface area contributed by atoms with Crippen LogP contribution in [0.25, 0.3) is 6.08 Å². The lowest BCUT2D eigenvalue weighted by molar-refractivity contribution is -0.111. The highest BCUT2D eigenvalue weighted by molar-refractivity contribution is 6.02. The van der Waals surface area contributed by atoms with Crippen LogP contribution >= 0.6 is 0 Å². The Balaban J connectivity index is 2.13. The number of carbonyl (C=O) groups excluding carboxylic acids is 1. The molecule has 0 unspecified atom stereocenters. The Hall–Kier alpha value is -3.15. The Morgan fingerprint density at radius 3 is 2.26 bits per heavy atom. The smallest absolute Gasteiger partial charge is 0.248 e. The number of amides is 1. The summed E-state index contributed by atoms with van der Waals surface area (Å²) < 4.78 is 21.5. The zero-order valence-corrected chi connectivity index (χ0v) is 16.2. The van der Waals surface area contributed by atoms with E-state index in [1.54, 1.807) is 45.6 Å². The van der Waals surface area contributed by atoms with E-state index in [4.69, 9.17) is 18.9 Å². The maximum atomic E-state index is 12.3. The summed E-state index contributed by atoms with van der Waals surface area (Å²) in [6, 6.07) is 10.7. The van der Waals surface area contributed by atoms with Crippen LogP contribution < -0.4 is 24.3 Å². The van der Waals surface area contributed by atoms with E-state index >= 15 is 0 Å². The van der Waals surface area contributed by atoms with Gasteiger partial charge in [0.25, 0.3) is 0 Å². The van der Waals surface area contributed by atoms with Crippen LogP contribution in [-0.4, -0.2) is 33.3 Å². The maximum absolute atomic E-state index is 12.3. The summed E-state index contributed by atoms with van der Waals surface area (Å²) in [6.45, 7) is 3.90. The molecular formula is C21H25NO5. The van der Waals surface area contributed by atoms with E-state index in [0.29, 0.717) is 28.7 Å². The first-order valence-corrected chi connectivity index (χ1v) is 8.52. The third-order valence-corrected chi connectivity index (χ3v) is 3.64. The van der Waals surface area contributed by atoms with Crippen molar-refractivity contribution in [1.82, 2.24) is 0 Å². The number of anilines is 1. The van der Waals surface area contributed by atoms with E-state index in [1.807, 2.05) is 32.0 Å². The molecule has 144 valence electrons. The van der Waals surface area contributed by atoms with Crippen LogP contribution in [0, 0.1) is 0 Å². The van der Waals surface area contributed by atoms with Gasteiger partial charge in [-0.15, -0.1) is 0 Å². The summed E-state index contributed by atoms with van der Waals surface area (Å²) in [5, 5.41) is 2.79. The number of nitrogens with one attached hydrogen (secondary N) is 1. The van der Waals surface area contributed by atoms with Gasteiger partial charge >= 0.3 is 0 Å². The number of hydrogen-bond acceptors (Lipinski definition) is 5. The Morgan fingerprint density at radius 1 is 0.926 bits per heavy atom. The largest absolute Gasteiger partial charge is 0.497 e. The van der Waals surface area contributed by atoms with Gasteiger partial charge in [-0.25, -0.2) is 0 Å². The van der Waals surface area contributed by atoms with Gasteiger partial charge in [0.1, 0.15) is 11.5 Å². The standard InChI is InChI=1S/C21H25NO5/c1-14(2)27-19-9-6-15(12-20(19)26-5)7-11-21(23)22-17-13-16(24-3)8-10-18(17)25-4/h6-14H,1-5H3,(H,22,23)/b11-7+. The van der Waals surface area contributed by atoms with Gasteiger partial charge in [0.2, 0.25) is 5.91 Å². The van der Waals surface area contributed by atoms with Gasteiger partial charge in [-0.3, -0.25) is 4.79 Å². The Morgan fingerprint density at radius 2 is 1.63 bits per heavy atom. The lowest BCUT2D eigenvalue weighted by Gasteiger charge is -2.13. The second kappa shape index (κ2) is 9.52. The second-order valence-electron chi connectivity index (χ2n) is 5.97. The highest BCUT2D eigenvalue weighted by Gasteiger charge is 2.09. The van der Waals surface area contributed by atoms with Crippen molar-refractivity contribution in [1.29, 1.82) is 0 Å². The molecule has 1 N–H and O–H groups in total. The van der Waals surface area contributed by atoms with Crippen molar-refractivity contribution in [3.8, 4) is 23.0 Å². The van der Waals surface area contributed by atoms with Gasteiger partial charge < -0.3 is 24.3 Å². The van der Waals surface area contributed by atoms with Crippen LogP contribution in [-0.2, 0) is 4.79 Å².